The first-order valence-corrected chi connectivity index (χ1v) is 9.21. The number of phenols is 1. The number of alkyl carbamates (subject to hydrolysis) is 1. The van der Waals surface area contributed by atoms with Gasteiger partial charge in [-0.25, -0.2) is 9.59 Å². The SMILES string of the molecule is CC(C)(C)OC(=O)[C@H](Cc1ccc(O)c([N+](=O)[O-])c1)NC(=O)OCc1ccccc1. The second-order valence-corrected chi connectivity index (χ2v) is 7.58. The number of rotatable bonds is 7. The molecule has 30 heavy (non-hydrogen) atoms. The molecule has 0 radical (unpaired) electrons. The van der Waals surface area contributed by atoms with Crippen LogP contribution in [0.5, 0.6) is 5.75 Å². The summed E-state index contributed by atoms with van der Waals surface area (Å²) in [6.07, 6.45) is -0.917. The monoisotopic (exact) mass is 416 g/mol. The first-order valence-electron chi connectivity index (χ1n) is 9.21. The predicted octanol–water partition coefficient (Wildman–Crippen LogP) is 3.48. The molecule has 0 aliphatic carbocycles. The molecular weight excluding hydrogens is 392 g/mol. The number of nitrogens with one attached hydrogen (secondary N) is 1. The third-order valence-electron chi connectivity index (χ3n) is 3.87. The van der Waals surface area contributed by atoms with Gasteiger partial charge in [-0.15, -0.1) is 0 Å². The molecule has 2 N–H and O–H groups in total. The number of aromatic hydroxyl groups is 1. The molecule has 0 aliphatic rings. The lowest BCUT2D eigenvalue weighted by Gasteiger charge is -2.24. The van der Waals surface area contributed by atoms with Gasteiger partial charge in [-0.05, 0) is 38.0 Å². The quantitative estimate of drug-likeness (QED) is 0.402. The van der Waals surface area contributed by atoms with Crippen LogP contribution in [0.4, 0.5) is 10.5 Å². The Hall–Kier alpha value is -3.62. The Morgan fingerprint density at radius 1 is 1.13 bits per heavy atom. The van der Waals surface area contributed by atoms with E-state index >= 15 is 0 Å². The van der Waals surface area contributed by atoms with E-state index < -0.39 is 40.1 Å². The Morgan fingerprint density at radius 3 is 2.40 bits per heavy atom. The van der Waals surface area contributed by atoms with Crippen LogP contribution in [0.1, 0.15) is 31.9 Å². The van der Waals surface area contributed by atoms with E-state index in [1.807, 2.05) is 6.07 Å². The average molecular weight is 416 g/mol. The molecule has 0 bridgehead atoms. The number of nitrogens with zero attached hydrogens (tertiary/aromatic N) is 1. The molecular formula is C21H24N2O7. The Balaban J connectivity index is 2.14. The maximum absolute atomic E-state index is 12.6. The highest BCUT2D eigenvalue weighted by atomic mass is 16.6. The van der Waals surface area contributed by atoms with Crippen LogP contribution in [0.15, 0.2) is 48.5 Å². The van der Waals surface area contributed by atoms with Crippen LogP contribution in [0.3, 0.4) is 0 Å². The minimum absolute atomic E-state index is 0.0123. The lowest BCUT2D eigenvalue weighted by atomic mass is 10.0. The van der Waals surface area contributed by atoms with E-state index in [0.29, 0.717) is 5.56 Å². The molecule has 160 valence electrons. The molecule has 1 atom stereocenters. The molecule has 0 heterocycles. The summed E-state index contributed by atoms with van der Waals surface area (Å²) in [5.41, 5.74) is -0.164. The first-order chi connectivity index (χ1) is 14.0. The summed E-state index contributed by atoms with van der Waals surface area (Å²) in [4.78, 5) is 35.1. The highest BCUT2D eigenvalue weighted by molar-refractivity contribution is 5.82. The molecule has 0 spiro atoms. The summed E-state index contributed by atoms with van der Waals surface area (Å²) in [7, 11) is 0. The number of nitro groups is 1. The number of esters is 1. The first kappa shape index (κ1) is 22.7. The van der Waals surface area contributed by atoms with E-state index in [0.717, 1.165) is 17.7 Å². The summed E-state index contributed by atoms with van der Waals surface area (Å²) in [6.45, 7) is 5.06. The van der Waals surface area contributed by atoms with E-state index in [-0.39, 0.29) is 13.0 Å². The van der Waals surface area contributed by atoms with Crippen molar-refractivity contribution in [3.05, 3.63) is 69.8 Å². The Kier molecular flexibility index (Phi) is 7.35. The maximum atomic E-state index is 12.6. The van der Waals surface area contributed by atoms with Crippen molar-refractivity contribution < 1.29 is 29.1 Å². The molecule has 2 aromatic rings. The van der Waals surface area contributed by atoms with Gasteiger partial charge in [-0.2, -0.15) is 0 Å². The highest BCUT2D eigenvalue weighted by Gasteiger charge is 2.28. The summed E-state index contributed by atoms with van der Waals surface area (Å²) in [5.74, 6) is -1.21. The summed E-state index contributed by atoms with van der Waals surface area (Å²) in [5, 5.41) is 23.1. The summed E-state index contributed by atoms with van der Waals surface area (Å²) in [6, 6.07) is 11.6. The third kappa shape index (κ3) is 7.08. The standard InChI is InChI=1S/C21H24N2O7/c1-21(2,3)30-19(25)16(11-15-9-10-18(24)17(12-15)23(27)28)22-20(26)29-13-14-7-5-4-6-8-14/h4-10,12,16,24H,11,13H2,1-3H3,(H,22,26)/t16-/m0/s1. The fourth-order valence-corrected chi connectivity index (χ4v) is 2.55. The molecule has 0 aromatic heterocycles. The van der Waals surface area contributed by atoms with Crippen LogP contribution in [0, 0.1) is 10.1 Å². The lowest BCUT2D eigenvalue weighted by molar-refractivity contribution is -0.385. The number of ether oxygens (including phenoxy) is 2. The maximum Gasteiger partial charge on any atom is 0.408 e. The molecule has 0 fully saturated rings. The van der Waals surface area contributed by atoms with Crippen LogP contribution in [-0.4, -0.2) is 33.7 Å². The second-order valence-electron chi connectivity index (χ2n) is 7.58. The van der Waals surface area contributed by atoms with Crippen LogP contribution >= 0.6 is 0 Å². The molecule has 0 unspecified atom stereocenters. The van der Waals surface area contributed by atoms with E-state index in [9.17, 15) is 24.8 Å². The molecule has 0 saturated heterocycles. The third-order valence-corrected chi connectivity index (χ3v) is 3.87. The fourth-order valence-electron chi connectivity index (χ4n) is 2.55. The Bertz CT molecular complexity index is 907. The molecule has 2 aromatic carbocycles. The summed E-state index contributed by atoms with van der Waals surface area (Å²) >= 11 is 0. The minimum atomic E-state index is -1.14. The number of hydrogen-bond acceptors (Lipinski definition) is 7. The van der Waals surface area contributed by atoms with Crippen molar-refractivity contribution in [2.75, 3.05) is 0 Å². The number of phenolic OH excluding ortho intramolecular Hbond substituents is 1. The van der Waals surface area contributed by atoms with Gasteiger partial charge in [0.25, 0.3) is 0 Å². The number of hydrogen-bond donors (Lipinski definition) is 2. The van der Waals surface area contributed by atoms with Gasteiger partial charge in [0, 0.05) is 12.5 Å². The van der Waals surface area contributed by atoms with Gasteiger partial charge in [0.2, 0.25) is 0 Å². The van der Waals surface area contributed by atoms with Crippen LogP contribution < -0.4 is 5.32 Å². The highest BCUT2D eigenvalue weighted by Crippen LogP contribution is 2.27. The Labute approximate surface area is 173 Å². The number of amides is 1. The normalized spacial score (nSPS) is 12.0. The van der Waals surface area contributed by atoms with Crippen LogP contribution in [0.2, 0.25) is 0 Å². The van der Waals surface area contributed by atoms with Crippen molar-refractivity contribution in [1.29, 1.82) is 0 Å². The van der Waals surface area contributed by atoms with Gasteiger partial charge in [0.05, 0.1) is 4.92 Å². The molecule has 0 aliphatic heterocycles. The molecule has 9 nitrogen and oxygen atoms in total. The van der Waals surface area contributed by atoms with Crippen molar-refractivity contribution in [2.45, 2.75) is 45.4 Å². The van der Waals surface area contributed by atoms with Gasteiger partial charge in [-0.1, -0.05) is 36.4 Å². The van der Waals surface area contributed by atoms with Gasteiger partial charge in [0.15, 0.2) is 5.75 Å². The van der Waals surface area contributed by atoms with Gasteiger partial charge in [-0.3, -0.25) is 10.1 Å². The lowest BCUT2D eigenvalue weighted by Crippen LogP contribution is -2.45. The number of nitro benzene ring substituents is 1. The molecule has 1 amide bonds. The fraction of sp³-hybridized carbons (Fsp3) is 0.333. The molecule has 2 rings (SSSR count). The number of carbonyl (C=O) groups is 2. The van der Waals surface area contributed by atoms with Crippen molar-refractivity contribution in [3.8, 4) is 5.75 Å². The molecule has 9 heteroatoms. The van der Waals surface area contributed by atoms with Gasteiger partial charge >= 0.3 is 17.7 Å². The van der Waals surface area contributed by atoms with E-state index in [4.69, 9.17) is 9.47 Å². The minimum Gasteiger partial charge on any atom is -0.502 e. The van der Waals surface area contributed by atoms with Crippen molar-refractivity contribution in [2.24, 2.45) is 0 Å². The largest absolute Gasteiger partial charge is 0.502 e. The Morgan fingerprint density at radius 2 is 1.80 bits per heavy atom. The zero-order valence-electron chi connectivity index (χ0n) is 17.0. The zero-order chi connectivity index (χ0) is 22.3. The summed E-state index contributed by atoms with van der Waals surface area (Å²) < 4.78 is 10.5. The number of carbonyl (C=O) groups excluding carboxylic acids is 2. The second kappa shape index (κ2) is 9.73. The van der Waals surface area contributed by atoms with E-state index in [2.05, 4.69) is 5.32 Å². The topological polar surface area (TPSA) is 128 Å². The smallest absolute Gasteiger partial charge is 0.408 e. The van der Waals surface area contributed by atoms with Crippen molar-refractivity contribution in [1.82, 2.24) is 5.32 Å². The predicted molar refractivity (Wildman–Crippen MR) is 108 cm³/mol. The number of benzene rings is 2. The van der Waals surface area contributed by atoms with Crippen LogP contribution in [-0.2, 0) is 27.3 Å². The van der Waals surface area contributed by atoms with Crippen molar-refractivity contribution in [3.63, 3.8) is 0 Å². The zero-order valence-corrected chi connectivity index (χ0v) is 17.0. The average Bonchev–Trinajstić information content (AvgIpc) is 2.66. The van der Waals surface area contributed by atoms with Crippen LogP contribution in [0.25, 0.3) is 0 Å². The molecule has 0 saturated carbocycles. The van der Waals surface area contributed by atoms with E-state index in [1.165, 1.54) is 6.07 Å². The van der Waals surface area contributed by atoms with Gasteiger partial charge < -0.3 is 19.9 Å². The van der Waals surface area contributed by atoms with Crippen molar-refractivity contribution >= 4 is 17.7 Å². The van der Waals surface area contributed by atoms with Gasteiger partial charge in [0.1, 0.15) is 18.2 Å². The van der Waals surface area contributed by atoms with E-state index in [1.54, 1.807) is 45.0 Å².